The third kappa shape index (κ3) is 5.56. The lowest BCUT2D eigenvalue weighted by Crippen LogP contribution is -2.00. The Bertz CT molecular complexity index is 3260. The minimum absolute atomic E-state index is 0.607. The molecule has 3 aromatic heterocycles. The van der Waals surface area contributed by atoms with Crippen molar-refractivity contribution in [2.75, 3.05) is 0 Å². The van der Waals surface area contributed by atoms with Crippen molar-refractivity contribution in [2.45, 2.75) is 0 Å². The van der Waals surface area contributed by atoms with Gasteiger partial charge in [-0.1, -0.05) is 140 Å². The summed E-state index contributed by atoms with van der Waals surface area (Å²) in [5, 5.41) is 4.45. The molecule has 0 atom stereocenters. The quantitative estimate of drug-likeness (QED) is 0.171. The van der Waals surface area contributed by atoms with E-state index in [1.807, 2.05) is 72.0 Å². The predicted molar refractivity (Wildman–Crippen MR) is 233 cm³/mol. The summed E-state index contributed by atoms with van der Waals surface area (Å²) in [5.74, 6) is 1.85. The summed E-state index contributed by atoms with van der Waals surface area (Å²) in [6.07, 6.45) is 0. The van der Waals surface area contributed by atoms with Crippen LogP contribution >= 0.6 is 11.3 Å². The molecule has 56 heavy (non-hydrogen) atoms. The van der Waals surface area contributed by atoms with Crippen molar-refractivity contribution < 1.29 is 4.42 Å². The Morgan fingerprint density at radius 1 is 0.321 bits per heavy atom. The number of thiophene rings is 1. The number of hydrogen-bond acceptors (Lipinski definition) is 5. The van der Waals surface area contributed by atoms with Gasteiger partial charge in [0.1, 0.15) is 11.2 Å². The smallest absolute Gasteiger partial charge is 0.164 e. The standard InChI is InChI=1S/C51H31N3OS/c1-3-13-32(14-4-1)34-17-9-18-35(29-34)36-19-10-20-37(30-36)39-22-12-26-46-48(39)42-31-38(27-28-45(42)56-46)50-52-49(33-15-5-2-6-16-33)53-51(54-50)41-23-11-25-44-47(41)40-21-7-8-24-43(40)55-44/h1-31H. The Morgan fingerprint density at radius 3 is 1.70 bits per heavy atom. The number of hydrogen-bond donors (Lipinski definition) is 0. The molecule has 0 aliphatic carbocycles. The van der Waals surface area contributed by atoms with E-state index in [4.69, 9.17) is 19.4 Å². The van der Waals surface area contributed by atoms with Crippen LogP contribution in [0.3, 0.4) is 0 Å². The molecule has 0 saturated heterocycles. The minimum atomic E-state index is 0.607. The molecular formula is C51H31N3OS. The van der Waals surface area contributed by atoms with Gasteiger partial charge in [0.15, 0.2) is 17.5 Å². The lowest BCUT2D eigenvalue weighted by atomic mass is 9.94. The van der Waals surface area contributed by atoms with E-state index < -0.39 is 0 Å². The van der Waals surface area contributed by atoms with Gasteiger partial charge < -0.3 is 4.42 Å². The first-order valence-electron chi connectivity index (χ1n) is 18.7. The first-order valence-corrected chi connectivity index (χ1v) is 19.5. The summed E-state index contributed by atoms with van der Waals surface area (Å²) in [7, 11) is 0. The number of benzene rings is 8. The van der Waals surface area contributed by atoms with Crippen molar-refractivity contribution in [1.29, 1.82) is 0 Å². The van der Waals surface area contributed by atoms with Crippen molar-refractivity contribution in [3.63, 3.8) is 0 Å². The first kappa shape index (κ1) is 32.2. The number of nitrogens with zero attached hydrogens (tertiary/aromatic N) is 3. The van der Waals surface area contributed by atoms with E-state index in [1.54, 1.807) is 0 Å². The molecule has 11 aromatic rings. The molecule has 8 aromatic carbocycles. The molecule has 4 nitrogen and oxygen atoms in total. The lowest BCUT2D eigenvalue weighted by molar-refractivity contribution is 0.669. The zero-order valence-electron chi connectivity index (χ0n) is 30.1. The van der Waals surface area contributed by atoms with Crippen molar-refractivity contribution in [1.82, 2.24) is 15.0 Å². The van der Waals surface area contributed by atoms with Crippen LogP contribution in [-0.2, 0) is 0 Å². The SMILES string of the molecule is c1ccc(-c2cccc(-c3cccc(-c4cccc5sc6ccc(-c7nc(-c8ccccc8)nc(-c8cccc9oc%10ccccc%10c89)n7)cc6c45)c3)c2)cc1. The molecule has 0 aliphatic rings. The molecule has 11 rings (SSSR count). The largest absolute Gasteiger partial charge is 0.456 e. The number of rotatable bonds is 6. The average Bonchev–Trinajstić information content (AvgIpc) is 3.85. The molecule has 262 valence electrons. The summed E-state index contributed by atoms with van der Waals surface area (Å²) in [4.78, 5) is 15.4. The van der Waals surface area contributed by atoms with Crippen molar-refractivity contribution in [3.8, 4) is 67.5 Å². The summed E-state index contributed by atoms with van der Waals surface area (Å²) in [5.41, 5.74) is 11.6. The first-order chi connectivity index (χ1) is 27.7. The van der Waals surface area contributed by atoms with Crippen LogP contribution < -0.4 is 0 Å². The Morgan fingerprint density at radius 2 is 0.893 bits per heavy atom. The van der Waals surface area contributed by atoms with Gasteiger partial charge in [0.25, 0.3) is 0 Å². The van der Waals surface area contributed by atoms with Crippen molar-refractivity contribution in [3.05, 3.63) is 188 Å². The van der Waals surface area contributed by atoms with Gasteiger partial charge in [-0.15, -0.1) is 11.3 Å². The minimum Gasteiger partial charge on any atom is -0.456 e. The van der Waals surface area contributed by atoms with Gasteiger partial charge in [-0.05, 0) is 81.9 Å². The van der Waals surface area contributed by atoms with Crippen LogP contribution in [0.2, 0.25) is 0 Å². The lowest BCUT2D eigenvalue weighted by Gasteiger charge is -2.11. The van der Waals surface area contributed by atoms with Gasteiger partial charge in [0.2, 0.25) is 0 Å². The monoisotopic (exact) mass is 733 g/mol. The van der Waals surface area contributed by atoms with Gasteiger partial charge >= 0.3 is 0 Å². The van der Waals surface area contributed by atoms with Gasteiger partial charge in [-0.25, -0.2) is 15.0 Å². The molecule has 0 spiro atoms. The Hall–Kier alpha value is -7.21. The summed E-state index contributed by atoms with van der Waals surface area (Å²) in [6.45, 7) is 0. The maximum atomic E-state index is 6.26. The van der Waals surface area contributed by atoms with Gasteiger partial charge in [-0.2, -0.15) is 0 Å². The van der Waals surface area contributed by atoms with Crippen LogP contribution in [0.25, 0.3) is 110 Å². The fourth-order valence-corrected chi connectivity index (χ4v) is 9.00. The topological polar surface area (TPSA) is 51.8 Å². The van der Waals surface area contributed by atoms with E-state index in [0.717, 1.165) is 38.6 Å². The molecule has 0 amide bonds. The van der Waals surface area contributed by atoms with Gasteiger partial charge in [-0.3, -0.25) is 0 Å². The average molecular weight is 734 g/mol. The molecule has 0 unspecified atom stereocenters. The Kier molecular flexibility index (Phi) is 7.64. The number of furan rings is 1. The fourth-order valence-electron chi connectivity index (χ4n) is 7.88. The van der Waals surface area contributed by atoms with Crippen LogP contribution in [0.1, 0.15) is 0 Å². The molecule has 5 heteroatoms. The highest BCUT2D eigenvalue weighted by atomic mass is 32.1. The van der Waals surface area contributed by atoms with E-state index in [2.05, 4.69) is 127 Å². The van der Waals surface area contributed by atoms with Crippen molar-refractivity contribution in [2.24, 2.45) is 0 Å². The highest BCUT2D eigenvalue weighted by Crippen LogP contribution is 2.43. The summed E-state index contributed by atoms with van der Waals surface area (Å²) < 4.78 is 8.72. The highest BCUT2D eigenvalue weighted by Gasteiger charge is 2.19. The number of para-hydroxylation sites is 1. The Balaban J connectivity index is 1.07. The van der Waals surface area contributed by atoms with E-state index in [9.17, 15) is 0 Å². The van der Waals surface area contributed by atoms with Crippen LogP contribution in [0, 0.1) is 0 Å². The number of fused-ring (bicyclic) bond motifs is 6. The molecular weight excluding hydrogens is 703 g/mol. The van der Waals surface area contributed by atoms with Gasteiger partial charge in [0, 0.05) is 47.6 Å². The van der Waals surface area contributed by atoms with Gasteiger partial charge in [0.05, 0.1) is 0 Å². The summed E-state index contributed by atoms with van der Waals surface area (Å²) in [6, 6.07) is 65.8. The zero-order chi connectivity index (χ0) is 37.0. The zero-order valence-corrected chi connectivity index (χ0v) is 30.9. The van der Waals surface area contributed by atoms with E-state index >= 15 is 0 Å². The second kappa shape index (κ2) is 13.3. The van der Waals surface area contributed by atoms with Crippen LogP contribution in [0.5, 0.6) is 0 Å². The number of aromatic nitrogens is 3. The van der Waals surface area contributed by atoms with Crippen molar-refractivity contribution >= 4 is 53.4 Å². The normalized spacial score (nSPS) is 11.6. The highest BCUT2D eigenvalue weighted by molar-refractivity contribution is 7.26. The maximum absolute atomic E-state index is 6.26. The predicted octanol–water partition coefficient (Wildman–Crippen LogP) is 14.1. The third-order valence-corrected chi connectivity index (χ3v) is 11.7. The molecule has 0 aliphatic heterocycles. The third-order valence-electron chi connectivity index (χ3n) is 10.5. The fraction of sp³-hybridized carbons (Fsp3) is 0. The van der Waals surface area contributed by atoms with Crippen LogP contribution in [-0.4, -0.2) is 15.0 Å². The second-order valence-electron chi connectivity index (χ2n) is 14.0. The Labute approximate surface area is 327 Å². The van der Waals surface area contributed by atoms with E-state index in [-0.39, 0.29) is 0 Å². The second-order valence-corrected chi connectivity index (χ2v) is 15.1. The molecule has 0 bridgehead atoms. The molecule has 0 saturated carbocycles. The van der Waals surface area contributed by atoms with E-state index in [1.165, 1.54) is 53.6 Å². The summed E-state index contributed by atoms with van der Waals surface area (Å²) >= 11 is 1.81. The maximum Gasteiger partial charge on any atom is 0.164 e. The molecule has 0 fully saturated rings. The molecule has 3 heterocycles. The molecule has 0 N–H and O–H groups in total. The van der Waals surface area contributed by atoms with Crippen LogP contribution in [0.15, 0.2) is 192 Å². The van der Waals surface area contributed by atoms with E-state index in [0.29, 0.717) is 17.5 Å². The molecule has 0 radical (unpaired) electrons. The van der Waals surface area contributed by atoms with Crippen LogP contribution in [0.4, 0.5) is 0 Å².